The molecule has 0 fully saturated rings. The van der Waals surface area contributed by atoms with Gasteiger partial charge in [-0.25, -0.2) is 5.10 Å². The molecular formula is C14H12F3N3O2. The summed E-state index contributed by atoms with van der Waals surface area (Å²) in [5.74, 6) is -0.590. The fourth-order valence-electron chi connectivity index (χ4n) is 1.92. The van der Waals surface area contributed by atoms with E-state index in [-0.39, 0.29) is 17.8 Å². The minimum Gasteiger partial charge on any atom is -0.336 e. The number of aromatic nitrogens is 2. The lowest BCUT2D eigenvalue weighted by molar-refractivity contribution is -0.138. The maximum Gasteiger partial charge on any atom is 0.416 e. The number of H-pyrrole nitrogens is 1. The summed E-state index contributed by atoms with van der Waals surface area (Å²) in [4.78, 5) is 24.1. The smallest absolute Gasteiger partial charge is 0.336 e. The molecule has 1 aromatic carbocycles. The van der Waals surface area contributed by atoms with Crippen molar-refractivity contribution in [2.45, 2.75) is 12.7 Å². The molecule has 0 radical (unpaired) electrons. The molecule has 0 saturated heterocycles. The van der Waals surface area contributed by atoms with Gasteiger partial charge in [-0.2, -0.15) is 18.3 Å². The molecule has 1 amide bonds. The monoisotopic (exact) mass is 311 g/mol. The fraction of sp³-hybridized carbons (Fsp3) is 0.214. The molecule has 0 aliphatic heterocycles. The molecule has 0 bridgehead atoms. The molecule has 8 heteroatoms. The first-order valence-electron chi connectivity index (χ1n) is 6.25. The van der Waals surface area contributed by atoms with Crippen LogP contribution in [0.1, 0.15) is 21.6 Å². The third-order valence-corrected chi connectivity index (χ3v) is 2.98. The van der Waals surface area contributed by atoms with E-state index < -0.39 is 23.2 Å². The molecule has 1 N–H and O–H groups in total. The van der Waals surface area contributed by atoms with Crippen LogP contribution in [0, 0.1) is 0 Å². The van der Waals surface area contributed by atoms with Crippen LogP contribution in [0.15, 0.2) is 41.2 Å². The summed E-state index contributed by atoms with van der Waals surface area (Å²) in [5, 5.41) is 5.66. The third kappa shape index (κ3) is 3.51. The number of carbonyl (C=O) groups is 1. The average molecular weight is 311 g/mol. The van der Waals surface area contributed by atoms with Gasteiger partial charge in [0.2, 0.25) is 0 Å². The maximum absolute atomic E-state index is 12.9. The highest BCUT2D eigenvalue weighted by Gasteiger charge is 2.33. The molecule has 0 aliphatic carbocycles. The molecule has 1 heterocycles. The standard InChI is InChI=1S/C14H12F3N3O2/c1-20(13(22)11-6-7-12(21)19-18-11)8-9-4-2-3-5-10(9)14(15,16)17/h2-7H,8H2,1H3,(H,19,21). The number of nitrogens with zero attached hydrogens (tertiary/aromatic N) is 2. The van der Waals surface area contributed by atoms with Gasteiger partial charge in [-0.1, -0.05) is 18.2 Å². The van der Waals surface area contributed by atoms with Gasteiger partial charge in [0.05, 0.1) is 5.56 Å². The van der Waals surface area contributed by atoms with Crippen molar-refractivity contribution in [2.24, 2.45) is 0 Å². The number of amides is 1. The lowest BCUT2D eigenvalue weighted by atomic mass is 10.1. The van der Waals surface area contributed by atoms with Gasteiger partial charge in [-0.3, -0.25) is 9.59 Å². The van der Waals surface area contributed by atoms with E-state index in [1.807, 2.05) is 0 Å². The van der Waals surface area contributed by atoms with E-state index >= 15 is 0 Å². The van der Waals surface area contributed by atoms with Crippen LogP contribution >= 0.6 is 0 Å². The lowest BCUT2D eigenvalue weighted by Gasteiger charge is -2.19. The van der Waals surface area contributed by atoms with Crippen molar-refractivity contribution < 1.29 is 18.0 Å². The van der Waals surface area contributed by atoms with Gasteiger partial charge in [0.25, 0.3) is 11.5 Å². The van der Waals surface area contributed by atoms with Crippen LogP contribution < -0.4 is 5.56 Å². The van der Waals surface area contributed by atoms with E-state index in [1.165, 1.54) is 31.3 Å². The lowest BCUT2D eigenvalue weighted by Crippen LogP contribution is -2.29. The highest BCUT2D eigenvalue weighted by molar-refractivity contribution is 5.91. The van der Waals surface area contributed by atoms with Crippen molar-refractivity contribution >= 4 is 5.91 Å². The summed E-state index contributed by atoms with van der Waals surface area (Å²) in [7, 11) is 1.36. The largest absolute Gasteiger partial charge is 0.416 e. The van der Waals surface area contributed by atoms with Crippen molar-refractivity contribution in [3.05, 3.63) is 63.6 Å². The third-order valence-electron chi connectivity index (χ3n) is 2.98. The Hall–Kier alpha value is -2.64. The predicted molar refractivity (Wildman–Crippen MR) is 72.1 cm³/mol. The summed E-state index contributed by atoms with van der Waals surface area (Å²) >= 11 is 0. The van der Waals surface area contributed by atoms with Crippen LogP contribution in [-0.4, -0.2) is 28.1 Å². The quantitative estimate of drug-likeness (QED) is 0.943. The van der Waals surface area contributed by atoms with Crippen LogP contribution in [0.3, 0.4) is 0 Å². The van der Waals surface area contributed by atoms with Crippen molar-refractivity contribution in [3.63, 3.8) is 0 Å². The molecule has 0 spiro atoms. The fourth-order valence-corrected chi connectivity index (χ4v) is 1.92. The number of rotatable bonds is 3. The van der Waals surface area contributed by atoms with Crippen LogP contribution in [0.25, 0.3) is 0 Å². The second-order valence-electron chi connectivity index (χ2n) is 4.62. The summed E-state index contributed by atoms with van der Waals surface area (Å²) in [6, 6.07) is 7.38. The van der Waals surface area contributed by atoms with E-state index in [9.17, 15) is 22.8 Å². The number of halogens is 3. The molecule has 0 atom stereocenters. The van der Waals surface area contributed by atoms with Crippen LogP contribution in [0.5, 0.6) is 0 Å². The first-order chi connectivity index (χ1) is 10.3. The van der Waals surface area contributed by atoms with Crippen LogP contribution in [-0.2, 0) is 12.7 Å². The molecule has 116 valence electrons. The van der Waals surface area contributed by atoms with Gasteiger partial charge in [0.1, 0.15) is 5.69 Å². The van der Waals surface area contributed by atoms with Crippen molar-refractivity contribution in [2.75, 3.05) is 7.05 Å². The van der Waals surface area contributed by atoms with Gasteiger partial charge in [0, 0.05) is 19.7 Å². The van der Waals surface area contributed by atoms with Crippen molar-refractivity contribution in [3.8, 4) is 0 Å². The second kappa shape index (κ2) is 6.00. The summed E-state index contributed by atoms with van der Waals surface area (Å²) in [6.07, 6.45) is -4.49. The second-order valence-corrected chi connectivity index (χ2v) is 4.62. The Morgan fingerprint density at radius 2 is 1.91 bits per heavy atom. The van der Waals surface area contributed by atoms with Gasteiger partial charge >= 0.3 is 6.18 Å². The van der Waals surface area contributed by atoms with E-state index in [0.29, 0.717) is 0 Å². The Labute approximate surface area is 123 Å². The molecule has 2 aromatic rings. The van der Waals surface area contributed by atoms with E-state index in [4.69, 9.17) is 0 Å². The number of benzene rings is 1. The Bertz CT molecular complexity index is 720. The summed E-state index contributed by atoms with van der Waals surface area (Å²) in [5.41, 5.74) is -1.33. The number of hydrogen-bond donors (Lipinski definition) is 1. The molecule has 0 unspecified atom stereocenters. The Balaban J connectivity index is 2.22. The molecule has 0 saturated carbocycles. The Kier molecular flexibility index (Phi) is 4.30. The van der Waals surface area contributed by atoms with Crippen LogP contribution in [0.4, 0.5) is 13.2 Å². The molecule has 1 aromatic heterocycles. The normalized spacial score (nSPS) is 11.3. The molecule has 0 aliphatic rings. The van der Waals surface area contributed by atoms with Gasteiger partial charge in [0.15, 0.2) is 0 Å². The molecule has 22 heavy (non-hydrogen) atoms. The zero-order chi connectivity index (χ0) is 16.3. The first kappa shape index (κ1) is 15.7. The Morgan fingerprint density at radius 1 is 1.23 bits per heavy atom. The van der Waals surface area contributed by atoms with E-state index in [1.54, 1.807) is 0 Å². The topological polar surface area (TPSA) is 66.1 Å². The number of aromatic amines is 1. The van der Waals surface area contributed by atoms with Gasteiger partial charge in [-0.15, -0.1) is 0 Å². The molecule has 5 nitrogen and oxygen atoms in total. The SMILES string of the molecule is CN(Cc1ccccc1C(F)(F)F)C(=O)c1ccc(=O)[nH]n1. The zero-order valence-corrected chi connectivity index (χ0v) is 11.5. The minimum absolute atomic E-state index is 0.0183. The highest BCUT2D eigenvalue weighted by atomic mass is 19.4. The number of nitrogens with one attached hydrogen (secondary N) is 1. The summed E-state index contributed by atoms with van der Waals surface area (Å²) < 4.78 is 38.7. The number of hydrogen-bond acceptors (Lipinski definition) is 3. The van der Waals surface area contributed by atoms with Gasteiger partial charge < -0.3 is 4.90 Å². The summed E-state index contributed by atoms with van der Waals surface area (Å²) in [6.45, 7) is -0.227. The zero-order valence-electron chi connectivity index (χ0n) is 11.5. The maximum atomic E-state index is 12.9. The van der Waals surface area contributed by atoms with Crippen molar-refractivity contribution in [1.29, 1.82) is 0 Å². The molecular weight excluding hydrogens is 299 g/mol. The van der Waals surface area contributed by atoms with Crippen molar-refractivity contribution in [1.82, 2.24) is 15.1 Å². The number of carbonyl (C=O) groups excluding carboxylic acids is 1. The van der Waals surface area contributed by atoms with E-state index in [2.05, 4.69) is 10.2 Å². The minimum atomic E-state index is -4.49. The number of alkyl halides is 3. The van der Waals surface area contributed by atoms with Crippen LogP contribution in [0.2, 0.25) is 0 Å². The predicted octanol–water partition coefficient (Wildman–Crippen LogP) is 2.06. The highest BCUT2D eigenvalue weighted by Crippen LogP contribution is 2.32. The first-order valence-corrected chi connectivity index (χ1v) is 6.25. The molecule has 2 rings (SSSR count). The Morgan fingerprint density at radius 3 is 2.50 bits per heavy atom. The van der Waals surface area contributed by atoms with Gasteiger partial charge in [-0.05, 0) is 17.7 Å². The van der Waals surface area contributed by atoms with E-state index in [0.717, 1.165) is 17.0 Å². The average Bonchev–Trinajstić information content (AvgIpc) is 2.46.